The number of hydrogen-bond donors (Lipinski definition) is 2. The van der Waals surface area contributed by atoms with Crippen molar-refractivity contribution in [2.24, 2.45) is 17.6 Å². The molecule has 1 rings (SSSR count). The van der Waals surface area contributed by atoms with Crippen LogP contribution in [-0.4, -0.2) is 18.5 Å². The van der Waals surface area contributed by atoms with Gasteiger partial charge in [0.2, 0.25) is 5.91 Å². The summed E-state index contributed by atoms with van der Waals surface area (Å²) in [6, 6.07) is -0.134. The van der Waals surface area contributed by atoms with Crippen LogP contribution in [0, 0.1) is 11.8 Å². The Labute approximate surface area is 80.1 Å². The molecule has 0 radical (unpaired) electrons. The van der Waals surface area contributed by atoms with E-state index in [9.17, 15) is 4.79 Å². The van der Waals surface area contributed by atoms with Crippen molar-refractivity contribution in [2.75, 3.05) is 6.54 Å². The zero-order valence-corrected chi connectivity index (χ0v) is 8.55. The molecular weight excluding hydrogens is 164 g/mol. The van der Waals surface area contributed by atoms with Gasteiger partial charge in [0.25, 0.3) is 0 Å². The van der Waals surface area contributed by atoms with Crippen LogP contribution in [0.25, 0.3) is 0 Å². The number of primary amides is 1. The van der Waals surface area contributed by atoms with Crippen LogP contribution in [0.2, 0.25) is 0 Å². The third-order valence-corrected chi connectivity index (χ3v) is 2.84. The summed E-state index contributed by atoms with van der Waals surface area (Å²) < 4.78 is 0. The molecule has 3 heteroatoms. The van der Waals surface area contributed by atoms with Gasteiger partial charge >= 0.3 is 0 Å². The van der Waals surface area contributed by atoms with Crippen LogP contribution in [0.15, 0.2) is 0 Å². The minimum atomic E-state index is -0.213. The van der Waals surface area contributed by atoms with Gasteiger partial charge in [0.05, 0.1) is 6.04 Å². The Morgan fingerprint density at radius 2 is 2.23 bits per heavy atom. The van der Waals surface area contributed by atoms with Gasteiger partial charge in [0.15, 0.2) is 0 Å². The predicted octanol–water partition coefficient (Wildman–Crippen LogP) is 0.886. The van der Waals surface area contributed by atoms with E-state index in [4.69, 9.17) is 5.73 Å². The van der Waals surface area contributed by atoms with Crippen LogP contribution in [0.4, 0.5) is 0 Å². The van der Waals surface area contributed by atoms with Gasteiger partial charge in [-0.3, -0.25) is 4.79 Å². The first-order valence-corrected chi connectivity index (χ1v) is 5.17. The fourth-order valence-electron chi connectivity index (χ4n) is 1.43. The largest absolute Gasteiger partial charge is 0.368 e. The van der Waals surface area contributed by atoms with Gasteiger partial charge in [-0.1, -0.05) is 20.3 Å². The highest BCUT2D eigenvalue weighted by Gasteiger charge is 2.26. The van der Waals surface area contributed by atoms with E-state index in [-0.39, 0.29) is 11.9 Å². The van der Waals surface area contributed by atoms with Crippen molar-refractivity contribution in [1.82, 2.24) is 5.32 Å². The van der Waals surface area contributed by atoms with Crippen molar-refractivity contribution in [3.63, 3.8) is 0 Å². The second kappa shape index (κ2) is 4.61. The molecule has 0 aromatic heterocycles. The first-order valence-electron chi connectivity index (χ1n) is 5.17. The summed E-state index contributed by atoms with van der Waals surface area (Å²) in [6.45, 7) is 5.10. The first kappa shape index (κ1) is 10.5. The Balaban J connectivity index is 2.31. The minimum absolute atomic E-state index is 0.134. The molecule has 1 aliphatic carbocycles. The Morgan fingerprint density at radius 3 is 2.62 bits per heavy atom. The van der Waals surface area contributed by atoms with Crippen LogP contribution >= 0.6 is 0 Å². The summed E-state index contributed by atoms with van der Waals surface area (Å²) in [5.41, 5.74) is 5.32. The normalized spacial score (nSPS) is 21.1. The van der Waals surface area contributed by atoms with E-state index in [2.05, 4.69) is 19.2 Å². The molecule has 0 aromatic carbocycles. The van der Waals surface area contributed by atoms with E-state index >= 15 is 0 Å². The van der Waals surface area contributed by atoms with Crippen molar-refractivity contribution < 1.29 is 4.79 Å². The predicted molar refractivity (Wildman–Crippen MR) is 53.2 cm³/mol. The van der Waals surface area contributed by atoms with E-state index < -0.39 is 0 Å². The number of nitrogens with one attached hydrogen (secondary N) is 1. The molecule has 1 amide bonds. The molecule has 2 unspecified atom stereocenters. The average Bonchev–Trinajstić information content (AvgIpc) is 2.87. The van der Waals surface area contributed by atoms with Crippen molar-refractivity contribution >= 4 is 5.91 Å². The zero-order chi connectivity index (χ0) is 9.84. The summed E-state index contributed by atoms with van der Waals surface area (Å²) in [7, 11) is 0. The Kier molecular flexibility index (Phi) is 3.72. The van der Waals surface area contributed by atoms with Crippen molar-refractivity contribution in [3.8, 4) is 0 Å². The highest BCUT2D eigenvalue weighted by Crippen LogP contribution is 2.28. The van der Waals surface area contributed by atoms with Crippen LogP contribution in [-0.2, 0) is 4.79 Å². The summed E-state index contributed by atoms with van der Waals surface area (Å²) in [5.74, 6) is 0.928. The van der Waals surface area contributed by atoms with Gasteiger partial charge in [-0.05, 0) is 31.2 Å². The van der Waals surface area contributed by atoms with Gasteiger partial charge in [-0.2, -0.15) is 0 Å². The second-order valence-corrected chi connectivity index (χ2v) is 4.12. The first-order chi connectivity index (χ1) is 6.15. The van der Waals surface area contributed by atoms with Crippen LogP contribution in [0.1, 0.15) is 33.1 Å². The Morgan fingerprint density at radius 1 is 1.62 bits per heavy atom. The molecule has 0 aromatic rings. The number of amides is 1. The molecule has 0 bridgehead atoms. The van der Waals surface area contributed by atoms with Gasteiger partial charge in [0, 0.05) is 0 Å². The summed E-state index contributed by atoms with van der Waals surface area (Å²) in [5, 5.41) is 3.26. The number of carbonyl (C=O) groups is 1. The van der Waals surface area contributed by atoms with E-state index in [0.29, 0.717) is 5.92 Å². The molecule has 1 aliphatic rings. The molecule has 1 saturated carbocycles. The molecule has 0 heterocycles. The molecule has 0 aliphatic heterocycles. The number of hydrogen-bond acceptors (Lipinski definition) is 2. The van der Waals surface area contributed by atoms with Crippen LogP contribution in [0.5, 0.6) is 0 Å². The molecule has 1 fully saturated rings. The summed E-state index contributed by atoms with van der Waals surface area (Å²) >= 11 is 0. The molecule has 0 spiro atoms. The average molecular weight is 184 g/mol. The van der Waals surface area contributed by atoms with Crippen LogP contribution in [0.3, 0.4) is 0 Å². The van der Waals surface area contributed by atoms with Crippen molar-refractivity contribution in [1.29, 1.82) is 0 Å². The minimum Gasteiger partial charge on any atom is -0.368 e. The summed E-state index contributed by atoms with van der Waals surface area (Å²) in [4.78, 5) is 11.1. The molecule has 3 nitrogen and oxygen atoms in total. The molecule has 2 atom stereocenters. The fraction of sp³-hybridized carbons (Fsp3) is 0.900. The lowest BCUT2D eigenvalue weighted by Gasteiger charge is -2.20. The van der Waals surface area contributed by atoms with Gasteiger partial charge < -0.3 is 11.1 Å². The van der Waals surface area contributed by atoms with Crippen molar-refractivity contribution in [3.05, 3.63) is 0 Å². The lowest BCUT2D eigenvalue weighted by Crippen LogP contribution is -2.46. The monoisotopic (exact) mass is 184 g/mol. The highest BCUT2D eigenvalue weighted by molar-refractivity contribution is 5.80. The third kappa shape index (κ3) is 3.35. The molecule has 13 heavy (non-hydrogen) atoms. The van der Waals surface area contributed by atoms with E-state index in [1.165, 1.54) is 12.8 Å². The van der Waals surface area contributed by atoms with Crippen LogP contribution < -0.4 is 11.1 Å². The maximum Gasteiger partial charge on any atom is 0.234 e. The molecule has 3 N–H and O–H groups in total. The number of rotatable bonds is 6. The molecule has 0 saturated heterocycles. The smallest absolute Gasteiger partial charge is 0.234 e. The van der Waals surface area contributed by atoms with Crippen molar-refractivity contribution in [2.45, 2.75) is 39.2 Å². The Hall–Kier alpha value is -0.570. The fourth-order valence-corrected chi connectivity index (χ4v) is 1.43. The third-order valence-electron chi connectivity index (χ3n) is 2.84. The molecular formula is C10H20N2O. The van der Waals surface area contributed by atoms with Gasteiger partial charge in [-0.25, -0.2) is 0 Å². The SMILES string of the molecule is CCC(C)C(NCC1CC1)C(N)=O. The highest BCUT2D eigenvalue weighted by atomic mass is 16.1. The van der Waals surface area contributed by atoms with E-state index in [0.717, 1.165) is 18.9 Å². The maximum absolute atomic E-state index is 11.1. The lowest BCUT2D eigenvalue weighted by molar-refractivity contribution is -0.121. The maximum atomic E-state index is 11.1. The van der Waals surface area contributed by atoms with E-state index in [1.807, 2.05) is 0 Å². The Bertz CT molecular complexity index is 178. The standard InChI is InChI=1S/C10H20N2O/c1-3-7(2)9(10(11)13)12-6-8-4-5-8/h7-9,12H,3-6H2,1-2H3,(H2,11,13). The van der Waals surface area contributed by atoms with Gasteiger partial charge in [-0.15, -0.1) is 0 Å². The second-order valence-electron chi connectivity index (χ2n) is 4.12. The van der Waals surface area contributed by atoms with E-state index in [1.54, 1.807) is 0 Å². The van der Waals surface area contributed by atoms with Gasteiger partial charge in [0.1, 0.15) is 0 Å². The number of carbonyl (C=O) groups excluding carboxylic acids is 1. The lowest BCUT2D eigenvalue weighted by atomic mass is 9.98. The molecule has 76 valence electrons. The topological polar surface area (TPSA) is 55.1 Å². The summed E-state index contributed by atoms with van der Waals surface area (Å²) in [6.07, 6.45) is 3.60. The number of nitrogens with two attached hydrogens (primary N) is 1. The quantitative estimate of drug-likeness (QED) is 0.644. The zero-order valence-electron chi connectivity index (χ0n) is 8.55.